The standard InChI is InChI=1S/C10H11NO6S2/c1-19(16,17)8-4-2-3-7(10(8)11(14)15)18-6-5-9(12)13/h2-4H,5-6H2,1H3,(H,12,13). The summed E-state index contributed by atoms with van der Waals surface area (Å²) in [6, 6.07) is 3.96. The molecule has 0 spiro atoms. The smallest absolute Gasteiger partial charge is 0.304 e. The maximum atomic E-state index is 11.5. The number of carboxylic acid groups (broad SMARTS) is 1. The zero-order valence-electron chi connectivity index (χ0n) is 9.90. The number of aliphatic carboxylic acids is 1. The monoisotopic (exact) mass is 305 g/mol. The molecule has 0 aliphatic carbocycles. The SMILES string of the molecule is CS(=O)(=O)c1cccc(SCCC(=O)O)c1[N+](=O)[O-]. The predicted molar refractivity (Wildman–Crippen MR) is 69.2 cm³/mol. The molecule has 0 saturated heterocycles. The number of sulfone groups is 1. The summed E-state index contributed by atoms with van der Waals surface area (Å²) in [6.45, 7) is 0. The zero-order valence-corrected chi connectivity index (χ0v) is 11.5. The third kappa shape index (κ3) is 4.21. The van der Waals surface area contributed by atoms with E-state index in [2.05, 4.69) is 0 Å². The highest BCUT2D eigenvalue weighted by Gasteiger charge is 2.26. The Morgan fingerprint density at radius 3 is 2.58 bits per heavy atom. The molecule has 1 aromatic rings. The number of para-hydroxylation sites is 1. The van der Waals surface area contributed by atoms with Crippen molar-refractivity contribution in [3.8, 4) is 0 Å². The lowest BCUT2D eigenvalue weighted by atomic mass is 10.3. The number of carbonyl (C=O) groups is 1. The van der Waals surface area contributed by atoms with Gasteiger partial charge < -0.3 is 5.11 Å². The van der Waals surface area contributed by atoms with E-state index in [1.807, 2.05) is 0 Å². The Morgan fingerprint density at radius 2 is 2.11 bits per heavy atom. The maximum Gasteiger partial charge on any atom is 0.304 e. The van der Waals surface area contributed by atoms with E-state index in [0.29, 0.717) is 0 Å². The third-order valence-corrected chi connectivity index (χ3v) is 4.29. The number of thioether (sulfide) groups is 1. The van der Waals surface area contributed by atoms with Crippen molar-refractivity contribution in [2.45, 2.75) is 16.2 Å². The second-order valence-corrected chi connectivity index (χ2v) is 6.75. The van der Waals surface area contributed by atoms with Gasteiger partial charge in [-0.25, -0.2) is 8.42 Å². The van der Waals surface area contributed by atoms with E-state index in [9.17, 15) is 23.3 Å². The van der Waals surface area contributed by atoms with Crippen LogP contribution in [0.1, 0.15) is 6.42 Å². The van der Waals surface area contributed by atoms with Gasteiger partial charge in [0.05, 0.1) is 16.2 Å². The summed E-state index contributed by atoms with van der Waals surface area (Å²) in [5, 5.41) is 19.5. The van der Waals surface area contributed by atoms with Crippen molar-refractivity contribution in [2.24, 2.45) is 0 Å². The molecule has 0 saturated carbocycles. The average molecular weight is 305 g/mol. The summed E-state index contributed by atoms with van der Waals surface area (Å²) < 4.78 is 23.0. The minimum atomic E-state index is -3.71. The van der Waals surface area contributed by atoms with Crippen LogP contribution in [0.5, 0.6) is 0 Å². The number of nitrogens with zero attached hydrogens (tertiary/aromatic N) is 1. The Morgan fingerprint density at radius 1 is 1.47 bits per heavy atom. The lowest BCUT2D eigenvalue weighted by Crippen LogP contribution is -2.04. The van der Waals surface area contributed by atoms with Gasteiger partial charge in [-0.2, -0.15) is 0 Å². The Balaban J connectivity index is 3.18. The summed E-state index contributed by atoms with van der Waals surface area (Å²) in [6.07, 6.45) is 0.728. The molecule has 0 radical (unpaired) electrons. The lowest BCUT2D eigenvalue weighted by molar-refractivity contribution is -0.390. The van der Waals surface area contributed by atoms with Crippen LogP contribution in [0.2, 0.25) is 0 Å². The topological polar surface area (TPSA) is 115 Å². The van der Waals surface area contributed by atoms with E-state index < -0.39 is 26.4 Å². The van der Waals surface area contributed by atoms with Gasteiger partial charge in [0.1, 0.15) is 4.90 Å². The fraction of sp³-hybridized carbons (Fsp3) is 0.300. The van der Waals surface area contributed by atoms with Gasteiger partial charge in [-0.05, 0) is 12.1 Å². The van der Waals surface area contributed by atoms with Crippen LogP contribution in [0.3, 0.4) is 0 Å². The van der Waals surface area contributed by atoms with Gasteiger partial charge >= 0.3 is 11.7 Å². The highest BCUT2D eigenvalue weighted by molar-refractivity contribution is 7.99. The Kier molecular flexibility index (Phi) is 4.90. The molecule has 0 amide bonds. The molecule has 104 valence electrons. The Hall–Kier alpha value is -1.61. The molecule has 0 fully saturated rings. The first-order valence-electron chi connectivity index (χ1n) is 5.05. The molecular formula is C10H11NO6S2. The number of rotatable bonds is 6. The predicted octanol–water partition coefficient (Wildman–Crippen LogP) is 1.57. The van der Waals surface area contributed by atoms with Crippen LogP contribution in [0.25, 0.3) is 0 Å². The molecule has 1 N–H and O–H groups in total. The molecule has 1 aromatic carbocycles. The van der Waals surface area contributed by atoms with Gasteiger partial charge in [0.15, 0.2) is 9.84 Å². The minimum Gasteiger partial charge on any atom is -0.481 e. The first kappa shape index (κ1) is 15.4. The third-order valence-electron chi connectivity index (χ3n) is 2.12. The Labute approximate surface area is 113 Å². The minimum absolute atomic E-state index is 0.128. The summed E-state index contributed by atoms with van der Waals surface area (Å²) >= 11 is 0.947. The van der Waals surface area contributed by atoms with E-state index in [1.54, 1.807) is 0 Å². The average Bonchev–Trinajstić information content (AvgIpc) is 2.26. The fourth-order valence-electron chi connectivity index (χ4n) is 1.35. The van der Waals surface area contributed by atoms with Crippen LogP contribution in [0.15, 0.2) is 28.0 Å². The van der Waals surface area contributed by atoms with Crippen LogP contribution in [-0.2, 0) is 14.6 Å². The van der Waals surface area contributed by atoms with Crippen molar-refractivity contribution in [1.29, 1.82) is 0 Å². The number of hydrogen-bond acceptors (Lipinski definition) is 6. The Bertz CT molecular complexity index is 610. The van der Waals surface area contributed by atoms with Crippen molar-refractivity contribution < 1.29 is 23.2 Å². The number of benzene rings is 1. The van der Waals surface area contributed by atoms with Crippen molar-refractivity contribution in [2.75, 3.05) is 12.0 Å². The summed E-state index contributed by atoms with van der Waals surface area (Å²) in [5.74, 6) is -0.891. The number of nitro groups is 1. The normalized spacial score (nSPS) is 11.2. The van der Waals surface area contributed by atoms with E-state index in [1.165, 1.54) is 12.1 Å². The lowest BCUT2D eigenvalue weighted by Gasteiger charge is -2.05. The summed E-state index contributed by atoms with van der Waals surface area (Å²) in [4.78, 5) is 20.4. The fourth-order valence-corrected chi connectivity index (χ4v) is 3.26. The number of hydrogen-bond donors (Lipinski definition) is 1. The van der Waals surface area contributed by atoms with E-state index in [4.69, 9.17) is 5.11 Å². The number of nitro benzene ring substituents is 1. The van der Waals surface area contributed by atoms with Gasteiger partial charge in [0.2, 0.25) is 0 Å². The van der Waals surface area contributed by atoms with Crippen LogP contribution >= 0.6 is 11.8 Å². The summed E-state index contributed by atoms with van der Waals surface area (Å²) in [5.41, 5.74) is -0.500. The number of carboxylic acids is 1. The van der Waals surface area contributed by atoms with Gasteiger partial charge in [0, 0.05) is 12.0 Å². The van der Waals surface area contributed by atoms with Crippen molar-refractivity contribution in [1.82, 2.24) is 0 Å². The van der Waals surface area contributed by atoms with Crippen LogP contribution in [0, 0.1) is 10.1 Å². The second-order valence-electron chi connectivity index (χ2n) is 3.62. The molecule has 0 heterocycles. The van der Waals surface area contributed by atoms with Gasteiger partial charge in [-0.1, -0.05) is 6.07 Å². The van der Waals surface area contributed by atoms with Crippen molar-refractivity contribution in [3.05, 3.63) is 28.3 Å². The van der Waals surface area contributed by atoms with Gasteiger partial charge in [-0.3, -0.25) is 14.9 Å². The molecule has 1 rings (SSSR count). The second kappa shape index (κ2) is 6.02. The molecule has 0 aliphatic rings. The van der Waals surface area contributed by atoms with Crippen molar-refractivity contribution >= 4 is 33.3 Å². The van der Waals surface area contributed by atoms with Crippen LogP contribution < -0.4 is 0 Å². The van der Waals surface area contributed by atoms with Crippen LogP contribution in [-0.4, -0.2) is 36.4 Å². The molecule has 0 unspecified atom stereocenters. The molecule has 0 aromatic heterocycles. The summed E-state index contributed by atoms with van der Waals surface area (Å²) in [7, 11) is -3.71. The molecule has 19 heavy (non-hydrogen) atoms. The first-order valence-corrected chi connectivity index (χ1v) is 7.93. The molecule has 0 atom stereocenters. The highest BCUT2D eigenvalue weighted by Crippen LogP contribution is 2.34. The van der Waals surface area contributed by atoms with E-state index in [0.717, 1.165) is 24.1 Å². The van der Waals surface area contributed by atoms with Gasteiger partial charge in [-0.15, -0.1) is 11.8 Å². The molecule has 7 nitrogen and oxygen atoms in total. The van der Waals surface area contributed by atoms with Crippen molar-refractivity contribution in [3.63, 3.8) is 0 Å². The quantitative estimate of drug-likeness (QED) is 0.482. The van der Waals surface area contributed by atoms with E-state index >= 15 is 0 Å². The van der Waals surface area contributed by atoms with E-state index in [-0.39, 0.29) is 22.0 Å². The van der Waals surface area contributed by atoms with Crippen LogP contribution in [0.4, 0.5) is 5.69 Å². The molecule has 0 bridgehead atoms. The first-order chi connectivity index (χ1) is 8.73. The van der Waals surface area contributed by atoms with Gasteiger partial charge in [0.25, 0.3) is 0 Å². The molecular weight excluding hydrogens is 294 g/mol. The molecule has 0 aliphatic heterocycles. The highest BCUT2D eigenvalue weighted by atomic mass is 32.2. The maximum absolute atomic E-state index is 11.5. The largest absolute Gasteiger partial charge is 0.481 e. The molecule has 9 heteroatoms. The zero-order chi connectivity index (χ0) is 14.6.